The fourth-order valence-electron chi connectivity index (χ4n) is 2.19. The molecule has 0 unspecified atom stereocenters. The van der Waals surface area contributed by atoms with Gasteiger partial charge in [0.1, 0.15) is 5.60 Å². The number of hydrogen-bond acceptors (Lipinski definition) is 3. The molecule has 0 spiro atoms. The molecule has 0 aromatic heterocycles. The van der Waals surface area contributed by atoms with Crippen LogP contribution in [-0.2, 0) is 4.74 Å². The Balaban J connectivity index is 2.38. The molecule has 2 atom stereocenters. The molecule has 2 N–H and O–H groups in total. The average molecular weight is 228 g/mol. The van der Waals surface area contributed by atoms with Crippen molar-refractivity contribution in [3.05, 3.63) is 0 Å². The zero-order valence-electron chi connectivity index (χ0n) is 10.8. The minimum atomic E-state index is -0.415. The van der Waals surface area contributed by atoms with Gasteiger partial charge in [-0.3, -0.25) is 0 Å². The minimum Gasteiger partial charge on any atom is -0.444 e. The first kappa shape index (κ1) is 13.3. The summed E-state index contributed by atoms with van der Waals surface area (Å²) in [6.07, 6.45) is 3.14. The second kappa shape index (κ2) is 5.53. The second-order valence-corrected chi connectivity index (χ2v) is 5.50. The molecule has 1 saturated carbocycles. The van der Waals surface area contributed by atoms with E-state index in [1.165, 1.54) is 12.8 Å². The minimum absolute atomic E-state index is 0.266. The lowest BCUT2D eigenvalue weighted by Gasteiger charge is -2.24. The fourth-order valence-corrected chi connectivity index (χ4v) is 2.19. The Morgan fingerprint density at radius 2 is 2.06 bits per heavy atom. The van der Waals surface area contributed by atoms with Crippen molar-refractivity contribution in [1.29, 1.82) is 0 Å². The highest BCUT2D eigenvalue weighted by atomic mass is 16.6. The van der Waals surface area contributed by atoms with Crippen molar-refractivity contribution in [2.75, 3.05) is 13.6 Å². The lowest BCUT2D eigenvalue weighted by atomic mass is 10.0. The zero-order chi connectivity index (χ0) is 12.2. The summed E-state index contributed by atoms with van der Waals surface area (Å²) in [6, 6.07) is 0.266. The number of rotatable bonds is 3. The van der Waals surface area contributed by atoms with Crippen molar-refractivity contribution in [3.63, 3.8) is 0 Å². The number of carbonyl (C=O) groups excluding carboxylic acids is 1. The molecule has 4 heteroatoms. The van der Waals surface area contributed by atoms with Crippen LogP contribution in [0.5, 0.6) is 0 Å². The van der Waals surface area contributed by atoms with Gasteiger partial charge in [0.25, 0.3) is 0 Å². The van der Waals surface area contributed by atoms with E-state index >= 15 is 0 Å². The van der Waals surface area contributed by atoms with Gasteiger partial charge >= 0.3 is 6.09 Å². The third-order valence-corrected chi connectivity index (χ3v) is 2.83. The monoisotopic (exact) mass is 228 g/mol. The van der Waals surface area contributed by atoms with Crippen LogP contribution in [0.1, 0.15) is 40.0 Å². The highest BCUT2D eigenvalue weighted by Crippen LogP contribution is 2.25. The molecule has 0 aliphatic heterocycles. The number of ether oxygens (including phenoxy) is 1. The van der Waals surface area contributed by atoms with E-state index in [-0.39, 0.29) is 12.1 Å². The third-order valence-electron chi connectivity index (χ3n) is 2.83. The molecule has 1 aliphatic carbocycles. The van der Waals surface area contributed by atoms with Gasteiger partial charge < -0.3 is 15.4 Å². The van der Waals surface area contributed by atoms with Crippen LogP contribution in [0.3, 0.4) is 0 Å². The van der Waals surface area contributed by atoms with Crippen LogP contribution in [0.25, 0.3) is 0 Å². The quantitative estimate of drug-likeness (QED) is 0.775. The van der Waals surface area contributed by atoms with E-state index in [0.29, 0.717) is 5.92 Å². The normalized spacial score (nSPS) is 25.5. The van der Waals surface area contributed by atoms with Crippen molar-refractivity contribution in [3.8, 4) is 0 Å². The van der Waals surface area contributed by atoms with Gasteiger partial charge in [0.05, 0.1) is 0 Å². The predicted octanol–water partition coefficient (Wildman–Crippen LogP) is 1.90. The van der Waals surface area contributed by atoms with E-state index in [4.69, 9.17) is 4.74 Å². The Hall–Kier alpha value is -0.770. The summed E-state index contributed by atoms with van der Waals surface area (Å²) in [7, 11) is 1.95. The molecule has 0 saturated heterocycles. The van der Waals surface area contributed by atoms with Crippen LogP contribution in [0, 0.1) is 5.92 Å². The lowest BCUT2D eigenvalue weighted by Crippen LogP contribution is -2.42. The molecule has 4 nitrogen and oxygen atoms in total. The molecule has 0 heterocycles. The largest absolute Gasteiger partial charge is 0.444 e. The first-order valence-corrected chi connectivity index (χ1v) is 6.06. The molecule has 16 heavy (non-hydrogen) atoms. The van der Waals surface area contributed by atoms with Gasteiger partial charge in [-0.25, -0.2) is 4.79 Å². The van der Waals surface area contributed by atoms with Crippen molar-refractivity contribution in [2.45, 2.75) is 51.7 Å². The average Bonchev–Trinajstić information content (AvgIpc) is 2.50. The van der Waals surface area contributed by atoms with E-state index in [0.717, 1.165) is 13.0 Å². The van der Waals surface area contributed by atoms with Crippen molar-refractivity contribution in [2.24, 2.45) is 5.92 Å². The predicted molar refractivity (Wildman–Crippen MR) is 64.4 cm³/mol. The van der Waals surface area contributed by atoms with Gasteiger partial charge in [-0.2, -0.15) is 0 Å². The van der Waals surface area contributed by atoms with Crippen LogP contribution >= 0.6 is 0 Å². The summed E-state index contributed by atoms with van der Waals surface area (Å²) < 4.78 is 5.26. The molecule has 0 bridgehead atoms. The van der Waals surface area contributed by atoms with Crippen LogP contribution < -0.4 is 10.6 Å². The summed E-state index contributed by atoms with van der Waals surface area (Å²) in [5.41, 5.74) is -0.415. The molecular weight excluding hydrogens is 204 g/mol. The SMILES string of the molecule is CNC[C@@H]1CCC[C@@H]1NC(=O)OC(C)(C)C. The molecule has 1 fully saturated rings. The smallest absolute Gasteiger partial charge is 0.407 e. The van der Waals surface area contributed by atoms with Gasteiger partial charge in [-0.1, -0.05) is 6.42 Å². The first-order chi connectivity index (χ1) is 7.42. The van der Waals surface area contributed by atoms with E-state index < -0.39 is 5.60 Å². The summed E-state index contributed by atoms with van der Waals surface area (Å²) >= 11 is 0. The molecule has 1 aliphatic rings. The topological polar surface area (TPSA) is 50.4 Å². The molecule has 0 aromatic rings. The van der Waals surface area contributed by atoms with Crippen LogP contribution in [-0.4, -0.2) is 31.3 Å². The van der Waals surface area contributed by atoms with Crippen LogP contribution in [0.15, 0.2) is 0 Å². The van der Waals surface area contributed by atoms with Crippen LogP contribution in [0.2, 0.25) is 0 Å². The lowest BCUT2D eigenvalue weighted by molar-refractivity contribution is 0.0493. The van der Waals surface area contributed by atoms with Gasteiger partial charge in [0, 0.05) is 6.04 Å². The van der Waals surface area contributed by atoms with Crippen LogP contribution in [0.4, 0.5) is 4.79 Å². The Morgan fingerprint density at radius 1 is 1.38 bits per heavy atom. The molecular formula is C12H24N2O2. The first-order valence-electron chi connectivity index (χ1n) is 6.06. The summed E-state index contributed by atoms with van der Waals surface area (Å²) in [4.78, 5) is 11.6. The van der Waals surface area contributed by atoms with Crippen molar-refractivity contribution < 1.29 is 9.53 Å². The van der Waals surface area contributed by atoms with Gasteiger partial charge in [-0.05, 0) is 53.1 Å². The molecule has 0 radical (unpaired) electrons. The Labute approximate surface area is 98.1 Å². The molecule has 0 aromatic carbocycles. The van der Waals surface area contributed by atoms with Gasteiger partial charge in [-0.15, -0.1) is 0 Å². The Bertz CT molecular complexity index is 236. The van der Waals surface area contributed by atoms with E-state index in [1.807, 2.05) is 27.8 Å². The van der Waals surface area contributed by atoms with E-state index in [2.05, 4.69) is 10.6 Å². The third kappa shape index (κ3) is 4.39. The summed E-state index contributed by atoms with van der Waals surface area (Å²) in [5.74, 6) is 0.539. The second-order valence-electron chi connectivity index (χ2n) is 5.50. The summed E-state index contributed by atoms with van der Waals surface area (Å²) in [6.45, 7) is 6.60. The Morgan fingerprint density at radius 3 is 2.62 bits per heavy atom. The maximum absolute atomic E-state index is 11.6. The molecule has 1 amide bonds. The van der Waals surface area contributed by atoms with Crippen molar-refractivity contribution in [1.82, 2.24) is 10.6 Å². The van der Waals surface area contributed by atoms with E-state index in [1.54, 1.807) is 0 Å². The number of nitrogens with one attached hydrogen (secondary N) is 2. The number of carbonyl (C=O) groups is 1. The fraction of sp³-hybridized carbons (Fsp3) is 0.917. The maximum Gasteiger partial charge on any atom is 0.407 e. The number of amides is 1. The van der Waals surface area contributed by atoms with Crippen molar-refractivity contribution >= 4 is 6.09 Å². The standard InChI is InChI=1S/C12H24N2O2/c1-12(2,3)16-11(15)14-10-7-5-6-9(10)8-13-4/h9-10,13H,5-8H2,1-4H3,(H,14,15)/t9-,10-/m0/s1. The zero-order valence-corrected chi connectivity index (χ0v) is 10.8. The van der Waals surface area contributed by atoms with E-state index in [9.17, 15) is 4.79 Å². The highest BCUT2D eigenvalue weighted by molar-refractivity contribution is 5.68. The Kier molecular flexibility index (Phi) is 4.59. The number of hydrogen-bond donors (Lipinski definition) is 2. The van der Waals surface area contributed by atoms with Gasteiger partial charge in [0.15, 0.2) is 0 Å². The highest BCUT2D eigenvalue weighted by Gasteiger charge is 2.29. The summed E-state index contributed by atoms with van der Waals surface area (Å²) in [5, 5.41) is 6.14. The number of alkyl carbamates (subject to hydrolysis) is 1. The molecule has 1 rings (SSSR count). The van der Waals surface area contributed by atoms with Gasteiger partial charge in [0.2, 0.25) is 0 Å². The molecule has 94 valence electrons. The maximum atomic E-state index is 11.6.